The first kappa shape index (κ1) is 20.2. The molecule has 2 fully saturated rings. The summed E-state index contributed by atoms with van der Waals surface area (Å²) in [5.41, 5.74) is 0.399. The molecule has 4 nitrogen and oxygen atoms in total. The molecular weight excluding hydrogens is 374 g/mol. The van der Waals surface area contributed by atoms with Crippen LogP contribution in [-0.4, -0.2) is 11.1 Å². The van der Waals surface area contributed by atoms with Crippen molar-refractivity contribution in [3.05, 3.63) is 71.8 Å². The Morgan fingerprint density at radius 1 is 1.13 bits per heavy atom. The Morgan fingerprint density at radius 3 is 2.43 bits per heavy atom. The molecule has 0 aromatic heterocycles. The van der Waals surface area contributed by atoms with Crippen LogP contribution in [0.5, 0.6) is 11.5 Å². The molecule has 2 aromatic rings. The van der Waals surface area contributed by atoms with Gasteiger partial charge in [-0.1, -0.05) is 55.8 Å². The number of hydrogen-bond acceptors (Lipinski definition) is 3. The first-order valence-electron chi connectivity index (χ1n) is 10.6. The molecule has 2 aliphatic carbocycles. The average molecular weight is 402 g/mol. The number of hydrogen-bond donors (Lipinski definition) is 1. The van der Waals surface area contributed by atoms with Gasteiger partial charge in [-0.25, -0.2) is 0 Å². The number of para-hydroxylation sites is 1. The van der Waals surface area contributed by atoms with Crippen LogP contribution in [0, 0.1) is 28.1 Å². The van der Waals surface area contributed by atoms with E-state index in [2.05, 4.69) is 12.1 Å². The largest absolute Gasteiger partial charge is 0.481 e. The number of aliphatic carboxylic acids is 1. The van der Waals surface area contributed by atoms with Gasteiger partial charge in [-0.3, -0.25) is 4.79 Å². The van der Waals surface area contributed by atoms with E-state index in [1.165, 1.54) is 18.4 Å². The zero-order chi connectivity index (χ0) is 21.4. The Morgan fingerprint density at radius 2 is 1.80 bits per heavy atom. The summed E-state index contributed by atoms with van der Waals surface area (Å²) in [6, 6.07) is 19.1. The van der Waals surface area contributed by atoms with Gasteiger partial charge >= 0.3 is 5.97 Å². The predicted molar refractivity (Wildman–Crippen MR) is 115 cm³/mol. The summed E-state index contributed by atoms with van der Waals surface area (Å²) >= 11 is 0. The number of nitrogens with zero attached hydrogens (tertiary/aromatic N) is 1. The Hall–Kier alpha value is -3.06. The molecule has 3 atom stereocenters. The van der Waals surface area contributed by atoms with Crippen molar-refractivity contribution in [3.8, 4) is 17.6 Å². The van der Waals surface area contributed by atoms with E-state index in [1.807, 2.05) is 62.4 Å². The van der Waals surface area contributed by atoms with Crippen LogP contribution in [0.1, 0.15) is 51.0 Å². The zero-order valence-corrected chi connectivity index (χ0v) is 17.5. The zero-order valence-electron chi connectivity index (χ0n) is 17.5. The molecule has 2 saturated carbocycles. The van der Waals surface area contributed by atoms with E-state index in [-0.39, 0.29) is 5.92 Å². The van der Waals surface area contributed by atoms with Crippen LogP contribution in [0.2, 0.25) is 0 Å². The second-order valence-electron chi connectivity index (χ2n) is 8.96. The Kier molecular flexibility index (Phi) is 5.15. The minimum atomic E-state index is -1.14. The van der Waals surface area contributed by atoms with Crippen molar-refractivity contribution in [2.24, 2.45) is 16.7 Å². The third-order valence-electron chi connectivity index (χ3n) is 7.01. The second-order valence-corrected chi connectivity index (χ2v) is 8.96. The molecule has 0 amide bonds. The van der Waals surface area contributed by atoms with E-state index >= 15 is 0 Å². The number of carboxylic acids is 1. The average Bonchev–Trinajstić information content (AvgIpc) is 3.04. The first-order chi connectivity index (χ1) is 14.4. The van der Waals surface area contributed by atoms with E-state index in [4.69, 9.17) is 4.74 Å². The maximum Gasteiger partial charge on any atom is 0.312 e. The fourth-order valence-corrected chi connectivity index (χ4v) is 5.31. The van der Waals surface area contributed by atoms with Crippen molar-refractivity contribution >= 4 is 5.97 Å². The number of ether oxygens (including phenoxy) is 1. The molecule has 2 aliphatic rings. The molecule has 2 aromatic carbocycles. The third-order valence-corrected chi connectivity index (χ3v) is 7.01. The van der Waals surface area contributed by atoms with Crippen molar-refractivity contribution < 1.29 is 14.6 Å². The maximum atomic E-state index is 12.6. The van der Waals surface area contributed by atoms with Gasteiger partial charge in [0.1, 0.15) is 16.9 Å². The quantitative estimate of drug-likeness (QED) is 0.576. The molecule has 0 saturated heterocycles. The minimum Gasteiger partial charge on any atom is -0.481 e. The SMILES string of the molecule is CC1(C)C(C=C2CCCC2)[C@]1(C(=O)O)[C@@H](C#N)c1cccc(Oc2ccccc2)c1. The van der Waals surface area contributed by atoms with Crippen molar-refractivity contribution in [1.29, 1.82) is 5.26 Å². The summed E-state index contributed by atoms with van der Waals surface area (Å²) in [7, 11) is 0. The van der Waals surface area contributed by atoms with Gasteiger partial charge in [-0.05, 0) is 60.9 Å². The van der Waals surface area contributed by atoms with E-state index in [1.54, 1.807) is 6.07 Å². The van der Waals surface area contributed by atoms with Crippen LogP contribution in [-0.2, 0) is 4.79 Å². The number of carbonyl (C=O) groups is 1. The van der Waals surface area contributed by atoms with Crippen LogP contribution in [0.15, 0.2) is 66.2 Å². The fourth-order valence-electron chi connectivity index (χ4n) is 5.31. The normalized spacial score (nSPS) is 25.2. The summed E-state index contributed by atoms with van der Waals surface area (Å²) in [5, 5.41) is 20.5. The summed E-state index contributed by atoms with van der Waals surface area (Å²) in [4.78, 5) is 12.6. The monoisotopic (exact) mass is 401 g/mol. The van der Waals surface area contributed by atoms with E-state index in [0.29, 0.717) is 17.1 Å². The molecule has 4 heteroatoms. The van der Waals surface area contributed by atoms with Gasteiger partial charge in [-0.15, -0.1) is 0 Å². The molecule has 1 N–H and O–H groups in total. The summed E-state index contributed by atoms with van der Waals surface area (Å²) in [6.07, 6.45) is 6.58. The van der Waals surface area contributed by atoms with Crippen LogP contribution in [0.25, 0.3) is 0 Å². The molecule has 0 bridgehead atoms. The third kappa shape index (κ3) is 3.19. The molecule has 0 radical (unpaired) electrons. The maximum absolute atomic E-state index is 12.6. The Labute approximate surface area is 177 Å². The van der Waals surface area contributed by atoms with Gasteiger partial charge in [0, 0.05) is 5.92 Å². The number of carboxylic acid groups (broad SMARTS) is 1. The van der Waals surface area contributed by atoms with Crippen molar-refractivity contribution in [2.75, 3.05) is 0 Å². The standard InChI is InChI=1S/C26H27NO3/c1-25(2)23(15-18-9-6-7-10-18)26(25,24(28)29)22(17-27)19-11-8-14-21(16-19)30-20-12-4-3-5-13-20/h3-5,8,11-16,22-23H,6-7,9-10H2,1-2H3,(H,28,29)/t22-,23?,26-/m0/s1. The topological polar surface area (TPSA) is 70.3 Å². The van der Waals surface area contributed by atoms with Crippen LogP contribution >= 0.6 is 0 Å². The summed E-state index contributed by atoms with van der Waals surface area (Å²) in [6.45, 7) is 3.96. The molecule has 0 heterocycles. The highest BCUT2D eigenvalue weighted by molar-refractivity contribution is 5.84. The lowest BCUT2D eigenvalue weighted by Gasteiger charge is -2.22. The lowest BCUT2D eigenvalue weighted by molar-refractivity contribution is -0.145. The van der Waals surface area contributed by atoms with Gasteiger partial charge < -0.3 is 9.84 Å². The number of allylic oxidation sites excluding steroid dienone is 2. The number of benzene rings is 2. The Balaban J connectivity index is 1.70. The lowest BCUT2D eigenvalue weighted by Crippen LogP contribution is -2.28. The van der Waals surface area contributed by atoms with Crippen molar-refractivity contribution in [3.63, 3.8) is 0 Å². The first-order valence-corrected chi connectivity index (χ1v) is 10.6. The fraction of sp³-hybridized carbons (Fsp3) is 0.385. The molecule has 4 rings (SSSR count). The van der Waals surface area contributed by atoms with E-state index in [0.717, 1.165) is 12.8 Å². The molecule has 30 heavy (non-hydrogen) atoms. The summed E-state index contributed by atoms with van der Waals surface area (Å²) in [5.74, 6) is -0.504. The highest BCUT2D eigenvalue weighted by Crippen LogP contribution is 2.75. The van der Waals surface area contributed by atoms with Crippen LogP contribution in [0.4, 0.5) is 0 Å². The van der Waals surface area contributed by atoms with Gasteiger partial charge in [0.05, 0.1) is 12.0 Å². The van der Waals surface area contributed by atoms with Gasteiger partial charge in [0.2, 0.25) is 0 Å². The number of nitriles is 1. The molecule has 154 valence electrons. The molecular formula is C26H27NO3. The van der Waals surface area contributed by atoms with Gasteiger partial charge in [-0.2, -0.15) is 5.26 Å². The minimum absolute atomic E-state index is 0.154. The van der Waals surface area contributed by atoms with Crippen LogP contribution in [0.3, 0.4) is 0 Å². The van der Waals surface area contributed by atoms with E-state index in [9.17, 15) is 15.2 Å². The van der Waals surface area contributed by atoms with Gasteiger partial charge in [0.25, 0.3) is 0 Å². The van der Waals surface area contributed by atoms with Gasteiger partial charge in [0.15, 0.2) is 0 Å². The van der Waals surface area contributed by atoms with Crippen LogP contribution < -0.4 is 4.74 Å². The highest BCUT2D eigenvalue weighted by atomic mass is 16.5. The molecule has 0 aliphatic heterocycles. The molecule has 0 spiro atoms. The predicted octanol–water partition coefficient (Wildman–Crippen LogP) is 6.31. The highest BCUT2D eigenvalue weighted by Gasteiger charge is 2.78. The molecule has 1 unspecified atom stereocenters. The summed E-state index contributed by atoms with van der Waals surface area (Å²) < 4.78 is 5.92. The Bertz CT molecular complexity index is 1010. The second kappa shape index (κ2) is 7.65. The van der Waals surface area contributed by atoms with Crippen molar-refractivity contribution in [1.82, 2.24) is 0 Å². The van der Waals surface area contributed by atoms with E-state index < -0.39 is 22.7 Å². The number of rotatable bonds is 6. The van der Waals surface area contributed by atoms with Crippen molar-refractivity contribution in [2.45, 2.75) is 45.4 Å². The lowest BCUT2D eigenvalue weighted by atomic mass is 9.78. The smallest absolute Gasteiger partial charge is 0.312 e.